The lowest BCUT2D eigenvalue weighted by Gasteiger charge is -2.14. The summed E-state index contributed by atoms with van der Waals surface area (Å²) in [6.45, 7) is 0.0672. The molecule has 0 fully saturated rings. The van der Waals surface area contributed by atoms with Crippen molar-refractivity contribution in [3.63, 3.8) is 0 Å². The Kier molecular flexibility index (Phi) is 6.26. The van der Waals surface area contributed by atoms with Gasteiger partial charge < -0.3 is 10.2 Å². The summed E-state index contributed by atoms with van der Waals surface area (Å²) < 4.78 is 77.2. The minimum atomic E-state index is -5.00. The van der Waals surface area contributed by atoms with Crippen molar-refractivity contribution < 1.29 is 31.1 Å². The van der Waals surface area contributed by atoms with Crippen LogP contribution in [0.25, 0.3) is 0 Å². The number of nitrogens with one attached hydrogen (secondary N) is 1. The van der Waals surface area contributed by atoms with Gasteiger partial charge in [-0.15, -0.1) is 0 Å². The Balaban J connectivity index is 2.10. The van der Waals surface area contributed by atoms with Crippen molar-refractivity contribution >= 4 is 11.6 Å². The second-order valence-corrected chi connectivity index (χ2v) is 6.36. The van der Waals surface area contributed by atoms with Crippen LogP contribution >= 0.6 is 0 Å². The van der Waals surface area contributed by atoms with Crippen molar-refractivity contribution in [1.82, 2.24) is 5.32 Å². The Bertz CT molecular complexity index is 794. The predicted octanol–water partition coefficient (Wildman–Crippen LogP) is 4.76. The van der Waals surface area contributed by atoms with E-state index in [0.717, 1.165) is 11.3 Å². The zero-order chi connectivity index (χ0) is 21.1. The molecule has 0 unspecified atom stereocenters. The monoisotopic (exact) mass is 404 g/mol. The number of carbonyl (C=O) groups is 1. The molecular weight excluding hydrogens is 386 g/mol. The molecule has 0 saturated carbocycles. The maximum Gasteiger partial charge on any atom is 0.416 e. The first kappa shape index (κ1) is 21.6. The summed E-state index contributed by atoms with van der Waals surface area (Å²) >= 11 is 0. The van der Waals surface area contributed by atoms with Gasteiger partial charge >= 0.3 is 12.4 Å². The van der Waals surface area contributed by atoms with E-state index in [2.05, 4.69) is 5.32 Å². The number of anilines is 1. The first-order valence-electron chi connectivity index (χ1n) is 8.22. The predicted molar refractivity (Wildman–Crippen MR) is 93.3 cm³/mol. The fourth-order valence-electron chi connectivity index (χ4n) is 2.47. The lowest BCUT2D eigenvalue weighted by Crippen LogP contribution is -2.26. The Hall–Kier alpha value is -2.71. The van der Waals surface area contributed by atoms with E-state index in [9.17, 15) is 31.1 Å². The molecule has 0 atom stereocenters. The SMILES string of the molecule is CN(C)c1ccc(CCNC(=O)c2cc(C(F)(F)F)cc(C(F)(F)F)c2)cc1. The van der Waals surface area contributed by atoms with Gasteiger partial charge in [-0.3, -0.25) is 4.79 Å². The summed E-state index contributed by atoms with van der Waals surface area (Å²) in [5, 5.41) is 2.36. The average Bonchev–Trinajstić information content (AvgIpc) is 2.60. The van der Waals surface area contributed by atoms with Gasteiger partial charge in [0.05, 0.1) is 11.1 Å². The molecule has 2 aromatic carbocycles. The molecule has 0 heterocycles. The molecule has 0 radical (unpaired) electrons. The molecule has 1 amide bonds. The Morgan fingerprint density at radius 1 is 0.893 bits per heavy atom. The number of alkyl halides is 6. The zero-order valence-corrected chi connectivity index (χ0v) is 15.1. The van der Waals surface area contributed by atoms with Gasteiger partial charge in [0, 0.05) is 31.9 Å². The first-order chi connectivity index (χ1) is 12.9. The van der Waals surface area contributed by atoms with Gasteiger partial charge in [0.25, 0.3) is 5.91 Å². The topological polar surface area (TPSA) is 32.3 Å². The second-order valence-electron chi connectivity index (χ2n) is 6.36. The maximum atomic E-state index is 12.9. The lowest BCUT2D eigenvalue weighted by molar-refractivity contribution is -0.143. The quantitative estimate of drug-likeness (QED) is 0.729. The minimum Gasteiger partial charge on any atom is -0.378 e. The molecule has 3 nitrogen and oxygen atoms in total. The molecule has 9 heteroatoms. The lowest BCUT2D eigenvalue weighted by atomic mass is 10.0. The smallest absolute Gasteiger partial charge is 0.378 e. The van der Waals surface area contributed by atoms with E-state index in [1.807, 2.05) is 43.3 Å². The summed E-state index contributed by atoms with van der Waals surface area (Å²) in [4.78, 5) is 14.0. The molecule has 28 heavy (non-hydrogen) atoms. The number of nitrogens with zero attached hydrogens (tertiary/aromatic N) is 1. The summed E-state index contributed by atoms with van der Waals surface area (Å²) in [5.74, 6) is -0.999. The van der Waals surface area contributed by atoms with Crippen molar-refractivity contribution in [1.29, 1.82) is 0 Å². The van der Waals surface area contributed by atoms with Crippen LogP contribution in [0.1, 0.15) is 27.0 Å². The molecule has 0 aliphatic carbocycles. The van der Waals surface area contributed by atoms with Gasteiger partial charge in [-0.2, -0.15) is 26.3 Å². The standard InChI is InChI=1S/C19H18F6N2O/c1-27(2)16-5-3-12(4-6-16)7-8-26-17(28)13-9-14(18(20,21)22)11-15(10-13)19(23,24)25/h3-6,9-11H,7-8H2,1-2H3,(H,26,28). The number of hydrogen-bond donors (Lipinski definition) is 1. The van der Waals surface area contributed by atoms with Crippen molar-refractivity contribution in [3.05, 3.63) is 64.7 Å². The van der Waals surface area contributed by atoms with E-state index >= 15 is 0 Å². The van der Waals surface area contributed by atoms with Crippen LogP contribution in [-0.4, -0.2) is 26.5 Å². The molecule has 2 aromatic rings. The molecule has 1 N–H and O–H groups in total. The number of hydrogen-bond acceptors (Lipinski definition) is 2. The minimum absolute atomic E-state index is 0.0108. The van der Waals surface area contributed by atoms with Crippen molar-refractivity contribution in [2.45, 2.75) is 18.8 Å². The van der Waals surface area contributed by atoms with Gasteiger partial charge in [0.2, 0.25) is 0 Å². The van der Waals surface area contributed by atoms with Crippen molar-refractivity contribution in [2.75, 3.05) is 25.5 Å². The van der Waals surface area contributed by atoms with E-state index in [0.29, 0.717) is 18.6 Å². The van der Waals surface area contributed by atoms with E-state index in [1.165, 1.54) is 0 Å². The summed E-state index contributed by atoms with van der Waals surface area (Å²) in [5.41, 5.74) is -1.90. The Morgan fingerprint density at radius 2 is 1.39 bits per heavy atom. The summed E-state index contributed by atoms with van der Waals surface area (Å²) in [6.07, 6.45) is -9.61. The van der Waals surface area contributed by atoms with Gasteiger partial charge in [-0.1, -0.05) is 12.1 Å². The molecule has 0 bridgehead atoms. The van der Waals surface area contributed by atoms with Gasteiger partial charge in [0.15, 0.2) is 0 Å². The van der Waals surface area contributed by atoms with Crippen LogP contribution < -0.4 is 10.2 Å². The van der Waals surface area contributed by atoms with E-state index < -0.39 is 35.0 Å². The Morgan fingerprint density at radius 3 is 1.82 bits per heavy atom. The number of rotatable bonds is 5. The van der Waals surface area contributed by atoms with Crippen molar-refractivity contribution in [3.8, 4) is 0 Å². The fraction of sp³-hybridized carbons (Fsp3) is 0.316. The molecule has 0 saturated heterocycles. The van der Waals surface area contributed by atoms with Gasteiger partial charge in [-0.25, -0.2) is 0 Å². The van der Waals surface area contributed by atoms with E-state index in [4.69, 9.17) is 0 Å². The molecule has 0 aromatic heterocycles. The largest absolute Gasteiger partial charge is 0.416 e. The first-order valence-corrected chi connectivity index (χ1v) is 8.22. The van der Waals surface area contributed by atoms with Gasteiger partial charge in [0.1, 0.15) is 0 Å². The number of halogens is 6. The average molecular weight is 404 g/mol. The van der Waals surface area contributed by atoms with Crippen LogP contribution in [-0.2, 0) is 18.8 Å². The normalized spacial score (nSPS) is 12.0. The second kappa shape index (κ2) is 8.12. The molecule has 0 aliphatic heterocycles. The third-order valence-electron chi connectivity index (χ3n) is 4.00. The molecule has 0 spiro atoms. The van der Waals surface area contributed by atoms with Crippen LogP contribution in [0.3, 0.4) is 0 Å². The van der Waals surface area contributed by atoms with Gasteiger partial charge in [-0.05, 0) is 42.3 Å². The van der Waals surface area contributed by atoms with Crippen LogP contribution in [0.15, 0.2) is 42.5 Å². The highest BCUT2D eigenvalue weighted by atomic mass is 19.4. The molecular formula is C19H18F6N2O. The number of benzene rings is 2. The van der Waals surface area contributed by atoms with E-state index in [1.54, 1.807) is 0 Å². The molecule has 2 rings (SSSR count). The van der Waals surface area contributed by atoms with Crippen molar-refractivity contribution in [2.24, 2.45) is 0 Å². The highest BCUT2D eigenvalue weighted by Crippen LogP contribution is 2.36. The highest BCUT2D eigenvalue weighted by molar-refractivity contribution is 5.94. The summed E-state index contributed by atoms with van der Waals surface area (Å²) in [7, 11) is 3.75. The number of carbonyl (C=O) groups excluding carboxylic acids is 1. The maximum absolute atomic E-state index is 12.9. The van der Waals surface area contributed by atoms with Crippen LogP contribution in [0, 0.1) is 0 Å². The highest BCUT2D eigenvalue weighted by Gasteiger charge is 2.37. The van der Waals surface area contributed by atoms with Crippen LogP contribution in [0.5, 0.6) is 0 Å². The number of amides is 1. The third-order valence-corrected chi connectivity index (χ3v) is 4.00. The van der Waals surface area contributed by atoms with E-state index in [-0.39, 0.29) is 12.6 Å². The fourth-order valence-corrected chi connectivity index (χ4v) is 2.47. The van der Waals surface area contributed by atoms with Crippen LogP contribution in [0.2, 0.25) is 0 Å². The zero-order valence-electron chi connectivity index (χ0n) is 15.1. The Labute approximate surface area is 158 Å². The van der Waals surface area contributed by atoms with Crippen LogP contribution in [0.4, 0.5) is 32.0 Å². The molecule has 0 aliphatic rings. The molecule has 152 valence electrons. The summed E-state index contributed by atoms with van der Waals surface area (Å²) in [6, 6.07) is 8.19. The third kappa shape index (κ3) is 5.64.